The molecule has 0 fully saturated rings. The number of nitro groups is 1. The van der Waals surface area contributed by atoms with Crippen molar-refractivity contribution < 1.29 is 22.8 Å². The van der Waals surface area contributed by atoms with Gasteiger partial charge in [-0.1, -0.05) is 30.3 Å². The van der Waals surface area contributed by atoms with Gasteiger partial charge in [-0.05, 0) is 42.0 Å². The number of nitro benzene ring substituents is 1. The highest BCUT2D eigenvalue weighted by molar-refractivity contribution is 7.89. The van der Waals surface area contributed by atoms with Crippen LogP contribution in [0.15, 0.2) is 83.8 Å². The summed E-state index contributed by atoms with van der Waals surface area (Å²) in [5.41, 5.74) is 4.46. The zero-order valence-corrected chi connectivity index (χ0v) is 18.7. The summed E-state index contributed by atoms with van der Waals surface area (Å²) in [5, 5.41) is 11.3. The van der Waals surface area contributed by atoms with Crippen LogP contribution in [0, 0.1) is 10.1 Å². The summed E-state index contributed by atoms with van der Waals surface area (Å²) in [6.45, 7) is 0. The van der Waals surface area contributed by atoms with E-state index in [2.05, 4.69) is 5.43 Å². The Morgan fingerprint density at radius 3 is 2.33 bits per heavy atom. The van der Waals surface area contributed by atoms with Crippen LogP contribution in [0.1, 0.15) is 17.2 Å². The predicted octanol–water partition coefficient (Wildman–Crippen LogP) is 3.90. The summed E-state index contributed by atoms with van der Waals surface area (Å²) >= 11 is 0. The number of hydrogen-bond acceptors (Lipinski definition) is 7. The summed E-state index contributed by atoms with van der Waals surface area (Å²) in [6, 6.07) is 18.3. The average Bonchev–Trinajstić information content (AvgIpc) is 3.31. The quantitative estimate of drug-likeness (QED) is 0.414. The van der Waals surface area contributed by atoms with Gasteiger partial charge in [0.25, 0.3) is 15.7 Å². The van der Waals surface area contributed by atoms with Crippen LogP contribution in [-0.4, -0.2) is 32.0 Å². The van der Waals surface area contributed by atoms with E-state index in [0.717, 1.165) is 4.41 Å². The van der Waals surface area contributed by atoms with E-state index in [1.54, 1.807) is 48.5 Å². The number of nitrogens with one attached hydrogen (secondary N) is 1. The fourth-order valence-corrected chi connectivity index (χ4v) is 5.01. The highest BCUT2D eigenvalue weighted by atomic mass is 32.2. The van der Waals surface area contributed by atoms with Gasteiger partial charge in [-0.3, -0.25) is 10.1 Å². The first-order valence-electron chi connectivity index (χ1n) is 9.90. The fraction of sp³-hybridized carbons (Fsp3) is 0.130. The highest BCUT2D eigenvalue weighted by Gasteiger charge is 2.37. The Labute approximate surface area is 191 Å². The van der Waals surface area contributed by atoms with Gasteiger partial charge in [0.05, 0.1) is 35.8 Å². The molecule has 1 aliphatic heterocycles. The zero-order chi connectivity index (χ0) is 23.6. The van der Waals surface area contributed by atoms with E-state index in [4.69, 9.17) is 9.47 Å². The largest absolute Gasteiger partial charge is 0.493 e. The van der Waals surface area contributed by atoms with Crippen LogP contribution in [0.2, 0.25) is 0 Å². The number of rotatable bonds is 7. The molecule has 1 atom stereocenters. The maximum atomic E-state index is 13.5. The molecule has 0 aliphatic carbocycles. The van der Waals surface area contributed by atoms with Gasteiger partial charge in [0.2, 0.25) is 0 Å². The molecule has 0 aromatic heterocycles. The second-order valence-corrected chi connectivity index (χ2v) is 8.99. The van der Waals surface area contributed by atoms with Crippen LogP contribution in [0.4, 0.5) is 5.69 Å². The van der Waals surface area contributed by atoms with Gasteiger partial charge in [0.1, 0.15) is 0 Å². The number of non-ortho nitro benzene ring substituents is 1. The molecule has 4 rings (SSSR count). The molecular weight excluding hydrogens is 446 g/mol. The number of sulfonamides is 1. The Morgan fingerprint density at radius 1 is 0.939 bits per heavy atom. The summed E-state index contributed by atoms with van der Waals surface area (Å²) in [5.74, 6) is 1.01. The third kappa shape index (κ3) is 4.26. The van der Waals surface area contributed by atoms with E-state index in [1.807, 2.05) is 0 Å². The molecule has 170 valence electrons. The minimum absolute atomic E-state index is 0.0925. The van der Waals surface area contributed by atoms with Crippen molar-refractivity contribution in [1.29, 1.82) is 0 Å². The van der Waals surface area contributed by atoms with Gasteiger partial charge in [0, 0.05) is 17.7 Å². The molecule has 0 bridgehead atoms. The summed E-state index contributed by atoms with van der Waals surface area (Å²) in [6.07, 6.45) is 1.71. The smallest absolute Gasteiger partial charge is 0.269 e. The van der Waals surface area contributed by atoms with E-state index in [9.17, 15) is 18.5 Å². The van der Waals surface area contributed by atoms with Crippen molar-refractivity contribution in [2.75, 3.05) is 14.2 Å². The topological polar surface area (TPSA) is 111 Å². The van der Waals surface area contributed by atoms with Gasteiger partial charge in [-0.25, -0.2) is 8.42 Å². The van der Waals surface area contributed by atoms with Crippen LogP contribution in [0.5, 0.6) is 11.5 Å². The third-order valence-corrected chi connectivity index (χ3v) is 6.93. The van der Waals surface area contributed by atoms with Gasteiger partial charge >= 0.3 is 0 Å². The van der Waals surface area contributed by atoms with Gasteiger partial charge < -0.3 is 14.9 Å². The van der Waals surface area contributed by atoms with Crippen molar-refractivity contribution >= 4 is 21.4 Å². The van der Waals surface area contributed by atoms with Gasteiger partial charge in [0.15, 0.2) is 11.5 Å². The van der Waals surface area contributed by atoms with E-state index in [0.29, 0.717) is 28.3 Å². The Hall–Kier alpha value is -3.89. The summed E-state index contributed by atoms with van der Waals surface area (Å²) in [7, 11) is -0.959. The molecule has 1 heterocycles. The molecule has 1 aliphatic rings. The standard InChI is InChI=1S/C23H21N3O6S/c1-31-22-12-11-16(14-23(22)32-2)20-15-21(17-7-6-8-18(13-17)26(27)28)25(24-20)33(29,30)19-9-4-3-5-10-19/h3-15,21,24H,1-2H3/t21-/m0/s1. The normalized spacial score (nSPS) is 16.1. The number of hydrogen-bond donors (Lipinski definition) is 1. The Bertz CT molecular complexity index is 1330. The maximum Gasteiger partial charge on any atom is 0.269 e. The summed E-state index contributed by atoms with van der Waals surface area (Å²) < 4.78 is 38.7. The number of benzene rings is 3. The average molecular weight is 468 g/mol. The molecule has 0 unspecified atom stereocenters. The van der Waals surface area contributed by atoms with E-state index < -0.39 is 21.0 Å². The lowest BCUT2D eigenvalue weighted by molar-refractivity contribution is -0.384. The minimum Gasteiger partial charge on any atom is -0.493 e. The molecule has 0 saturated carbocycles. The Morgan fingerprint density at radius 2 is 1.67 bits per heavy atom. The lowest BCUT2D eigenvalue weighted by atomic mass is 10.0. The van der Waals surface area contributed by atoms with Crippen LogP contribution in [0.3, 0.4) is 0 Å². The number of nitrogens with zero attached hydrogens (tertiary/aromatic N) is 2. The number of hydrazine groups is 1. The van der Waals surface area contributed by atoms with E-state index >= 15 is 0 Å². The summed E-state index contributed by atoms with van der Waals surface area (Å²) in [4.78, 5) is 10.9. The highest BCUT2D eigenvalue weighted by Crippen LogP contribution is 2.38. The first-order chi connectivity index (χ1) is 15.8. The van der Waals surface area contributed by atoms with Gasteiger partial charge in [-0.15, -0.1) is 4.41 Å². The number of ether oxygens (including phenoxy) is 2. The van der Waals surface area contributed by atoms with Crippen LogP contribution in [-0.2, 0) is 10.0 Å². The molecule has 33 heavy (non-hydrogen) atoms. The molecule has 1 N–H and O–H groups in total. The van der Waals surface area contributed by atoms with Crippen molar-refractivity contribution in [3.05, 3.63) is 100 Å². The lowest BCUT2D eigenvalue weighted by Gasteiger charge is -2.25. The first kappa shape index (κ1) is 22.3. The molecule has 3 aromatic carbocycles. The third-order valence-electron chi connectivity index (χ3n) is 5.22. The van der Waals surface area contributed by atoms with Gasteiger partial charge in [-0.2, -0.15) is 0 Å². The number of methoxy groups -OCH3 is 2. The van der Waals surface area contributed by atoms with Crippen LogP contribution in [0.25, 0.3) is 5.70 Å². The second-order valence-electron chi connectivity index (χ2n) is 7.17. The lowest BCUT2D eigenvalue weighted by Crippen LogP contribution is -2.39. The zero-order valence-electron chi connectivity index (χ0n) is 17.8. The Balaban J connectivity index is 1.82. The molecule has 9 nitrogen and oxygen atoms in total. The second kappa shape index (κ2) is 8.93. The monoisotopic (exact) mass is 467 g/mol. The van der Waals surface area contributed by atoms with Crippen LogP contribution < -0.4 is 14.9 Å². The predicted molar refractivity (Wildman–Crippen MR) is 122 cm³/mol. The molecule has 0 spiro atoms. The van der Waals surface area contributed by atoms with Crippen molar-refractivity contribution in [2.45, 2.75) is 10.9 Å². The van der Waals surface area contributed by atoms with Crippen molar-refractivity contribution in [3.8, 4) is 11.5 Å². The molecule has 10 heteroatoms. The molecule has 0 radical (unpaired) electrons. The van der Waals surface area contributed by atoms with Crippen molar-refractivity contribution in [2.24, 2.45) is 0 Å². The maximum absolute atomic E-state index is 13.5. The molecular formula is C23H21N3O6S. The fourth-order valence-electron chi connectivity index (χ4n) is 3.59. The molecule has 0 amide bonds. The molecule has 3 aromatic rings. The van der Waals surface area contributed by atoms with Crippen molar-refractivity contribution in [3.63, 3.8) is 0 Å². The Kier molecular flexibility index (Phi) is 6.03. The first-order valence-corrected chi connectivity index (χ1v) is 11.3. The molecule has 0 saturated heterocycles. The van der Waals surface area contributed by atoms with Crippen molar-refractivity contribution in [1.82, 2.24) is 9.84 Å². The van der Waals surface area contributed by atoms with Crippen LogP contribution >= 0.6 is 0 Å². The SMILES string of the molecule is COc1ccc(C2=C[C@@H](c3cccc([N+](=O)[O-])c3)N(S(=O)(=O)c3ccccc3)N2)cc1OC. The van der Waals surface area contributed by atoms with E-state index in [-0.39, 0.29) is 10.6 Å². The minimum atomic E-state index is -3.99. The van der Waals surface area contributed by atoms with E-state index in [1.165, 1.54) is 44.6 Å².